The Morgan fingerprint density at radius 2 is 1.10 bits per heavy atom. The predicted octanol–water partition coefficient (Wildman–Crippen LogP) is 10.3. The van der Waals surface area contributed by atoms with Crippen molar-refractivity contribution in [2.24, 2.45) is 0 Å². The van der Waals surface area contributed by atoms with Crippen LogP contribution in [0.5, 0.6) is 0 Å². The predicted molar refractivity (Wildman–Crippen MR) is 163 cm³/mol. The molecule has 190 valence electrons. The average molecular weight is 581 g/mol. The van der Waals surface area contributed by atoms with Gasteiger partial charge in [-0.2, -0.15) is 24.3 Å². The van der Waals surface area contributed by atoms with Crippen LogP contribution in [0.4, 0.5) is 0 Å². The number of hydrogen-bond acceptors (Lipinski definition) is 0. The third kappa shape index (κ3) is 5.90. The minimum absolute atomic E-state index is 0. The molecule has 2 aliphatic rings. The molecule has 2 aliphatic carbocycles. The van der Waals surface area contributed by atoms with Crippen LogP contribution >= 0.6 is 0 Å². The van der Waals surface area contributed by atoms with Gasteiger partial charge in [-0.1, -0.05) is 134 Å². The van der Waals surface area contributed by atoms with Crippen molar-refractivity contribution in [3.63, 3.8) is 0 Å². The summed E-state index contributed by atoms with van der Waals surface area (Å²) in [6, 6.07) is 45.6. The van der Waals surface area contributed by atoms with Gasteiger partial charge in [0.1, 0.15) is 0 Å². The van der Waals surface area contributed by atoms with Gasteiger partial charge in [0.25, 0.3) is 0 Å². The van der Waals surface area contributed by atoms with E-state index in [1.54, 1.807) is 0 Å². The van der Waals surface area contributed by atoms with E-state index in [0.29, 0.717) is 11.8 Å². The summed E-state index contributed by atoms with van der Waals surface area (Å²) >= 11 is 0. The van der Waals surface area contributed by atoms with Gasteiger partial charge in [-0.15, -0.1) is 17.7 Å². The molecule has 0 aliphatic heterocycles. The largest absolute Gasteiger partial charge is 0.179 e. The molecule has 0 N–H and O–H groups in total. The fourth-order valence-electron chi connectivity index (χ4n) is 5.64. The summed E-state index contributed by atoms with van der Waals surface area (Å²) in [5.74, 6) is 0.926. The first-order valence-corrected chi connectivity index (χ1v) is 13.3. The maximum atomic E-state index is 3.92. The van der Waals surface area contributed by atoms with Crippen molar-refractivity contribution in [3.05, 3.63) is 174 Å². The zero-order valence-corrected chi connectivity index (χ0v) is 24.9. The smallest absolute Gasteiger partial charge is 0.00990 e. The molecule has 5 aromatic rings. The Labute approximate surface area is 252 Å². The number of rotatable bonds is 3. The van der Waals surface area contributed by atoms with Crippen molar-refractivity contribution < 1.29 is 26.2 Å². The number of hydrogen-bond donors (Lipinski definition) is 0. The fraction of sp³-hybridized carbons (Fsp3) is 0.105. The molecule has 1 atom stereocenters. The van der Waals surface area contributed by atoms with Gasteiger partial charge < -0.3 is 0 Å². The quantitative estimate of drug-likeness (QED) is 0.147. The van der Waals surface area contributed by atoms with Crippen LogP contribution in [0.2, 0.25) is 0 Å². The molecule has 0 saturated heterocycles. The molecule has 0 spiro atoms. The minimum atomic E-state index is 0. The molecule has 39 heavy (non-hydrogen) atoms. The van der Waals surface area contributed by atoms with Crippen LogP contribution in [0, 0.1) is 6.07 Å². The Kier molecular flexibility index (Phi) is 9.86. The normalized spacial score (nSPS) is 13.5. The van der Waals surface area contributed by atoms with Crippen LogP contribution in [-0.4, -0.2) is 0 Å². The Morgan fingerprint density at radius 1 is 0.615 bits per heavy atom. The second kappa shape index (κ2) is 13.5. The molecule has 0 heterocycles. The van der Waals surface area contributed by atoms with Crippen molar-refractivity contribution in [1.29, 1.82) is 0 Å². The molecule has 0 radical (unpaired) electrons. The second-order valence-corrected chi connectivity index (χ2v) is 9.55. The average Bonchev–Trinajstić information content (AvgIpc) is 3.50. The summed E-state index contributed by atoms with van der Waals surface area (Å²) in [6.45, 7) is 9.82. The molecule has 1 heteroatoms. The van der Waals surface area contributed by atoms with E-state index in [1.165, 1.54) is 56.5 Å². The molecule has 0 nitrogen and oxygen atoms in total. The van der Waals surface area contributed by atoms with Gasteiger partial charge in [-0.25, -0.2) is 0 Å². The monoisotopic (exact) mass is 579 g/mol. The van der Waals surface area contributed by atoms with Crippen LogP contribution in [0.15, 0.2) is 141 Å². The van der Waals surface area contributed by atoms with Crippen molar-refractivity contribution in [2.45, 2.75) is 25.2 Å². The van der Waals surface area contributed by atoms with Gasteiger partial charge >= 0.3 is 0 Å². The number of fused-ring (bicyclic) bond motifs is 6. The van der Waals surface area contributed by atoms with Crippen LogP contribution in [0.25, 0.3) is 28.3 Å². The molecular formula is C38H33Zr-. The third-order valence-corrected chi connectivity index (χ3v) is 7.43. The van der Waals surface area contributed by atoms with Crippen molar-refractivity contribution in [2.75, 3.05) is 0 Å². The first-order valence-electron chi connectivity index (χ1n) is 13.3. The fourth-order valence-corrected chi connectivity index (χ4v) is 5.64. The van der Waals surface area contributed by atoms with Gasteiger partial charge in [-0.05, 0) is 39.8 Å². The van der Waals surface area contributed by atoms with Gasteiger partial charge in [0.15, 0.2) is 0 Å². The zero-order valence-electron chi connectivity index (χ0n) is 22.5. The molecular weight excluding hydrogens is 548 g/mol. The summed E-state index contributed by atoms with van der Waals surface area (Å²) in [5.41, 5.74) is 12.3. The van der Waals surface area contributed by atoms with Gasteiger partial charge in [0, 0.05) is 38.0 Å². The molecule has 0 amide bonds. The topological polar surface area (TPSA) is 0 Å². The third-order valence-electron chi connectivity index (χ3n) is 7.43. The summed E-state index contributed by atoms with van der Waals surface area (Å²) in [7, 11) is 0. The maximum Gasteiger partial charge on any atom is 0.00990 e. The second-order valence-electron chi connectivity index (χ2n) is 9.55. The van der Waals surface area contributed by atoms with Crippen molar-refractivity contribution >= 4 is 6.08 Å². The summed E-state index contributed by atoms with van der Waals surface area (Å²) in [5, 5.41) is 0. The molecule has 7 rings (SSSR count). The summed E-state index contributed by atoms with van der Waals surface area (Å²) in [6.07, 6.45) is 5.02. The molecule has 1 unspecified atom stereocenters. The van der Waals surface area contributed by atoms with Gasteiger partial charge in [0.05, 0.1) is 0 Å². The van der Waals surface area contributed by atoms with Crippen LogP contribution in [-0.2, 0) is 26.2 Å². The standard InChI is InChI=1S/C15H14.C15H11.C8H8.Zr/c2*1-2-11-12-7-3-5-9-14(12)15-10-6-4-8-13(11)15;1-2-8-6-4-3-5-7-8;/h3-11H,2H2,1H3;2-7,9-11H,1H2;2-7H,1H2;/q;-1;;. The number of benzene rings is 5. The van der Waals surface area contributed by atoms with E-state index in [4.69, 9.17) is 0 Å². The van der Waals surface area contributed by atoms with E-state index >= 15 is 0 Å². The number of allylic oxidation sites excluding steroid dienone is 1. The van der Waals surface area contributed by atoms with E-state index in [2.05, 4.69) is 105 Å². The Bertz CT molecular complexity index is 1460. The molecule has 0 bridgehead atoms. The van der Waals surface area contributed by atoms with E-state index < -0.39 is 0 Å². The zero-order chi connectivity index (χ0) is 26.3. The molecule has 5 aromatic carbocycles. The Balaban J connectivity index is 0.000000141. The SMILES string of the molecule is C=CC1c2[c-]cccc2-c2ccccc21.C=Cc1ccccc1.CCC1c2ccccc2-c2ccccc21.[Zr]. The summed E-state index contributed by atoms with van der Waals surface area (Å²) in [4.78, 5) is 0. The summed E-state index contributed by atoms with van der Waals surface area (Å²) < 4.78 is 0. The first kappa shape index (κ1) is 28.5. The van der Waals surface area contributed by atoms with Crippen LogP contribution in [0.1, 0.15) is 53.0 Å². The Morgan fingerprint density at radius 3 is 1.62 bits per heavy atom. The molecule has 0 fully saturated rings. The Hall–Kier alpha value is -3.54. The van der Waals surface area contributed by atoms with E-state index in [0.717, 1.165) is 0 Å². The van der Waals surface area contributed by atoms with Gasteiger partial charge in [0.2, 0.25) is 0 Å². The maximum absolute atomic E-state index is 3.92. The van der Waals surface area contributed by atoms with Crippen LogP contribution < -0.4 is 0 Å². The van der Waals surface area contributed by atoms with E-state index in [9.17, 15) is 0 Å². The molecule has 0 saturated carbocycles. The first-order chi connectivity index (χ1) is 18.8. The van der Waals surface area contributed by atoms with Gasteiger partial charge in [-0.3, -0.25) is 0 Å². The van der Waals surface area contributed by atoms with Crippen molar-refractivity contribution in [1.82, 2.24) is 0 Å². The van der Waals surface area contributed by atoms with E-state index in [-0.39, 0.29) is 26.2 Å². The molecule has 0 aromatic heterocycles. The minimum Gasteiger partial charge on any atom is -0.179 e. The van der Waals surface area contributed by atoms with Crippen LogP contribution in [0.3, 0.4) is 0 Å². The van der Waals surface area contributed by atoms with E-state index in [1.807, 2.05) is 54.6 Å². The van der Waals surface area contributed by atoms with Crippen molar-refractivity contribution in [3.8, 4) is 22.3 Å².